The molecular formula is C22H18ClN3O6S. The zero-order valence-corrected chi connectivity index (χ0v) is 18.6. The number of amides is 1. The molecule has 0 atom stereocenters. The minimum absolute atomic E-state index is 0.165. The van der Waals surface area contributed by atoms with E-state index in [1.54, 1.807) is 30.3 Å². The van der Waals surface area contributed by atoms with E-state index in [4.69, 9.17) is 11.6 Å². The Morgan fingerprint density at radius 1 is 0.970 bits per heavy atom. The lowest BCUT2D eigenvalue weighted by Gasteiger charge is -2.12. The molecule has 2 N–H and O–H groups in total. The predicted molar refractivity (Wildman–Crippen MR) is 123 cm³/mol. The molecule has 0 aromatic heterocycles. The average Bonchev–Trinajstić information content (AvgIpc) is 2.80. The lowest BCUT2D eigenvalue weighted by molar-refractivity contribution is -0.384. The number of rotatable bonds is 9. The molecule has 0 saturated carbocycles. The maximum absolute atomic E-state index is 12.8. The summed E-state index contributed by atoms with van der Waals surface area (Å²) < 4.78 is 26.9. The zero-order chi connectivity index (χ0) is 24.0. The van der Waals surface area contributed by atoms with Gasteiger partial charge >= 0.3 is 0 Å². The first kappa shape index (κ1) is 24.1. The number of hydrogen-bond donors (Lipinski definition) is 2. The maximum Gasteiger partial charge on any atom is 0.269 e. The summed E-state index contributed by atoms with van der Waals surface area (Å²) in [6, 6.07) is 17.3. The molecule has 0 heterocycles. The fraction of sp³-hybridized carbons (Fsp3) is 0.0909. The summed E-state index contributed by atoms with van der Waals surface area (Å²) in [5.41, 5.74) is 0.633. The zero-order valence-electron chi connectivity index (χ0n) is 17.0. The van der Waals surface area contributed by atoms with Gasteiger partial charge in [-0.2, -0.15) is 0 Å². The van der Waals surface area contributed by atoms with Crippen LogP contribution in [-0.4, -0.2) is 31.6 Å². The molecule has 0 unspecified atom stereocenters. The van der Waals surface area contributed by atoms with Crippen LogP contribution in [0, 0.1) is 10.1 Å². The molecule has 0 aliphatic heterocycles. The molecule has 1 amide bonds. The second-order valence-electron chi connectivity index (χ2n) is 6.83. The van der Waals surface area contributed by atoms with Gasteiger partial charge in [0.1, 0.15) is 0 Å². The molecule has 3 aromatic carbocycles. The van der Waals surface area contributed by atoms with Crippen LogP contribution in [-0.2, 0) is 14.8 Å². The van der Waals surface area contributed by atoms with E-state index in [-0.39, 0.29) is 40.6 Å². The van der Waals surface area contributed by atoms with Crippen molar-refractivity contribution in [1.82, 2.24) is 4.72 Å². The van der Waals surface area contributed by atoms with E-state index in [1.165, 1.54) is 18.2 Å². The molecule has 0 aliphatic rings. The number of anilines is 1. The van der Waals surface area contributed by atoms with E-state index >= 15 is 0 Å². The molecule has 9 nitrogen and oxygen atoms in total. The van der Waals surface area contributed by atoms with Crippen molar-refractivity contribution in [2.75, 3.05) is 11.9 Å². The first-order chi connectivity index (χ1) is 15.7. The van der Waals surface area contributed by atoms with Crippen molar-refractivity contribution in [3.05, 3.63) is 99.1 Å². The number of hydrogen-bond acceptors (Lipinski definition) is 6. The number of benzene rings is 3. The lowest BCUT2D eigenvalue weighted by Crippen LogP contribution is -2.28. The van der Waals surface area contributed by atoms with Gasteiger partial charge in [-0.05, 0) is 30.3 Å². The molecule has 3 rings (SSSR count). The highest BCUT2D eigenvalue weighted by Gasteiger charge is 2.18. The van der Waals surface area contributed by atoms with Crippen molar-refractivity contribution >= 4 is 44.7 Å². The highest BCUT2D eigenvalue weighted by Crippen LogP contribution is 2.24. The highest BCUT2D eigenvalue weighted by molar-refractivity contribution is 7.89. The van der Waals surface area contributed by atoms with Crippen molar-refractivity contribution < 1.29 is 22.9 Å². The smallest absolute Gasteiger partial charge is 0.269 e. The number of nitrogens with zero attached hydrogens (tertiary/aromatic N) is 1. The van der Waals surface area contributed by atoms with Gasteiger partial charge in [0.25, 0.3) is 5.69 Å². The Balaban J connectivity index is 1.64. The largest absolute Gasteiger partial charge is 0.325 e. The number of carbonyl (C=O) groups is 2. The van der Waals surface area contributed by atoms with Crippen LogP contribution >= 0.6 is 11.6 Å². The number of non-ortho nitro benzene ring substituents is 1. The average molecular weight is 488 g/mol. The number of nitrogens with one attached hydrogen (secondary N) is 2. The lowest BCUT2D eigenvalue weighted by atomic mass is 10.0. The highest BCUT2D eigenvalue weighted by atomic mass is 35.5. The first-order valence-electron chi connectivity index (χ1n) is 9.60. The van der Waals surface area contributed by atoms with E-state index in [9.17, 15) is 28.1 Å². The SMILES string of the molecule is O=C(CCNS(=O)(=O)c1ccc([N+](=O)[O-])cc1)Nc1ccc(Cl)cc1C(=O)c1ccccc1. The van der Waals surface area contributed by atoms with Crippen LogP contribution in [0.15, 0.2) is 77.7 Å². The summed E-state index contributed by atoms with van der Waals surface area (Å²) in [5.74, 6) is -0.849. The second kappa shape index (κ2) is 10.3. The number of nitro benzene ring substituents is 1. The maximum atomic E-state index is 12.8. The van der Waals surface area contributed by atoms with Crippen LogP contribution in [0.4, 0.5) is 11.4 Å². The van der Waals surface area contributed by atoms with E-state index in [0.717, 1.165) is 24.3 Å². The normalized spacial score (nSPS) is 11.1. The summed E-state index contributed by atoms with van der Waals surface area (Å²) in [7, 11) is -3.96. The third kappa shape index (κ3) is 6.22. The summed E-state index contributed by atoms with van der Waals surface area (Å²) in [6.45, 7) is -0.222. The van der Waals surface area contributed by atoms with Crippen LogP contribution < -0.4 is 10.0 Å². The van der Waals surface area contributed by atoms with Gasteiger partial charge in [-0.25, -0.2) is 13.1 Å². The van der Waals surface area contributed by atoms with Crippen LogP contribution in [0.1, 0.15) is 22.3 Å². The summed E-state index contributed by atoms with van der Waals surface area (Å²) >= 11 is 6.03. The molecule has 11 heteroatoms. The Bertz CT molecular complexity index is 1300. The minimum atomic E-state index is -3.96. The summed E-state index contributed by atoms with van der Waals surface area (Å²) in [6.07, 6.45) is -0.214. The van der Waals surface area contributed by atoms with Gasteiger partial charge in [-0.1, -0.05) is 41.9 Å². The summed E-state index contributed by atoms with van der Waals surface area (Å²) in [4.78, 5) is 35.1. The van der Waals surface area contributed by atoms with E-state index < -0.39 is 20.9 Å². The number of sulfonamides is 1. The van der Waals surface area contributed by atoms with Gasteiger partial charge in [0.2, 0.25) is 15.9 Å². The Hall–Kier alpha value is -3.60. The Labute approximate surface area is 194 Å². The van der Waals surface area contributed by atoms with Gasteiger partial charge in [-0.15, -0.1) is 0 Å². The van der Waals surface area contributed by atoms with Crippen molar-refractivity contribution in [3.63, 3.8) is 0 Å². The fourth-order valence-corrected chi connectivity index (χ4v) is 4.10. The Morgan fingerprint density at radius 2 is 1.64 bits per heavy atom. The van der Waals surface area contributed by atoms with Gasteiger partial charge in [0.15, 0.2) is 5.78 Å². The number of carbonyl (C=O) groups excluding carboxylic acids is 2. The predicted octanol–water partition coefficient (Wildman–Crippen LogP) is 3.79. The molecule has 0 saturated heterocycles. The molecule has 0 spiro atoms. The van der Waals surface area contributed by atoms with Crippen LogP contribution in [0.2, 0.25) is 5.02 Å². The van der Waals surface area contributed by atoms with E-state index in [0.29, 0.717) is 10.6 Å². The first-order valence-corrected chi connectivity index (χ1v) is 11.5. The summed E-state index contributed by atoms with van der Waals surface area (Å²) in [5, 5.41) is 13.6. The third-order valence-electron chi connectivity index (χ3n) is 4.54. The molecule has 0 radical (unpaired) electrons. The monoisotopic (exact) mass is 487 g/mol. The molecule has 3 aromatic rings. The molecule has 33 heavy (non-hydrogen) atoms. The van der Waals surface area contributed by atoms with Gasteiger partial charge in [0, 0.05) is 41.2 Å². The minimum Gasteiger partial charge on any atom is -0.325 e. The van der Waals surface area contributed by atoms with Gasteiger partial charge in [-0.3, -0.25) is 19.7 Å². The van der Waals surface area contributed by atoms with Crippen molar-refractivity contribution in [3.8, 4) is 0 Å². The molecule has 0 bridgehead atoms. The Kier molecular flexibility index (Phi) is 7.54. The van der Waals surface area contributed by atoms with Crippen molar-refractivity contribution in [2.45, 2.75) is 11.3 Å². The number of ketones is 1. The fourth-order valence-electron chi connectivity index (χ4n) is 2.90. The van der Waals surface area contributed by atoms with Gasteiger partial charge < -0.3 is 5.32 Å². The molecule has 170 valence electrons. The van der Waals surface area contributed by atoms with Crippen molar-refractivity contribution in [2.24, 2.45) is 0 Å². The Morgan fingerprint density at radius 3 is 2.27 bits per heavy atom. The molecular weight excluding hydrogens is 470 g/mol. The standard InChI is InChI=1S/C22H18ClN3O6S/c23-16-6-11-20(19(14-16)22(28)15-4-2-1-3-5-15)25-21(27)12-13-24-33(31,32)18-9-7-17(8-10-18)26(29)30/h1-11,14,24H,12-13H2,(H,25,27). The van der Waals surface area contributed by atoms with E-state index in [2.05, 4.69) is 10.0 Å². The number of halogens is 1. The third-order valence-corrected chi connectivity index (χ3v) is 6.25. The van der Waals surface area contributed by atoms with Crippen LogP contribution in [0.25, 0.3) is 0 Å². The van der Waals surface area contributed by atoms with E-state index in [1.807, 2.05) is 0 Å². The topological polar surface area (TPSA) is 135 Å². The van der Waals surface area contributed by atoms with Crippen molar-refractivity contribution in [1.29, 1.82) is 0 Å². The van der Waals surface area contributed by atoms with Crippen LogP contribution in [0.5, 0.6) is 0 Å². The number of nitro groups is 1. The van der Waals surface area contributed by atoms with Gasteiger partial charge in [0.05, 0.1) is 15.5 Å². The molecule has 0 aliphatic carbocycles. The van der Waals surface area contributed by atoms with Crippen LogP contribution in [0.3, 0.4) is 0 Å². The molecule has 0 fully saturated rings. The second-order valence-corrected chi connectivity index (χ2v) is 9.04. The quantitative estimate of drug-likeness (QED) is 0.268.